The Labute approximate surface area is 226 Å². The molecule has 1 atom stereocenters. The molecule has 0 saturated heterocycles. The number of nitrogens with zero attached hydrogens (tertiary/aromatic N) is 4. The maximum atomic E-state index is 14.5. The molecular formula is C29H32FN5O4. The van der Waals surface area contributed by atoms with Crippen molar-refractivity contribution in [1.29, 1.82) is 0 Å². The average molecular weight is 534 g/mol. The number of rotatable bonds is 9. The number of amides is 2. The van der Waals surface area contributed by atoms with Crippen molar-refractivity contribution in [1.82, 2.24) is 20.3 Å². The molecular weight excluding hydrogens is 501 g/mol. The van der Waals surface area contributed by atoms with Crippen LogP contribution in [0.25, 0.3) is 11.0 Å². The van der Waals surface area contributed by atoms with Crippen LogP contribution in [0.1, 0.15) is 39.3 Å². The molecule has 10 heteroatoms. The Balaban J connectivity index is 1.86. The number of benzene rings is 3. The van der Waals surface area contributed by atoms with Gasteiger partial charge in [0.25, 0.3) is 0 Å². The zero-order valence-electron chi connectivity index (χ0n) is 22.6. The number of aromatic nitrogens is 3. The Morgan fingerprint density at radius 2 is 1.82 bits per heavy atom. The van der Waals surface area contributed by atoms with Crippen molar-refractivity contribution in [3.8, 4) is 11.5 Å². The van der Waals surface area contributed by atoms with Gasteiger partial charge in [-0.3, -0.25) is 14.5 Å². The fourth-order valence-corrected chi connectivity index (χ4v) is 4.29. The highest BCUT2D eigenvalue weighted by Crippen LogP contribution is 2.35. The van der Waals surface area contributed by atoms with E-state index >= 15 is 0 Å². The van der Waals surface area contributed by atoms with Gasteiger partial charge in [0.15, 0.2) is 11.5 Å². The third-order valence-electron chi connectivity index (χ3n) is 5.87. The number of hydrogen-bond acceptors (Lipinski definition) is 6. The lowest BCUT2D eigenvalue weighted by Gasteiger charge is -2.34. The summed E-state index contributed by atoms with van der Waals surface area (Å²) in [5.74, 6) is -0.586. The Hall–Kier alpha value is -4.47. The maximum Gasteiger partial charge on any atom is 0.249 e. The molecule has 2 amide bonds. The predicted molar refractivity (Wildman–Crippen MR) is 146 cm³/mol. The van der Waals surface area contributed by atoms with Crippen LogP contribution in [0, 0.1) is 5.82 Å². The van der Waals surface area contributed by atoms with E-state index in [0.717, 1.165) is 0 Å². The van der Waals surface area contributed by atoms with Crippen molar-refractivity contribution in [3.63, 3.8) is 0 Å². The quantitative estimate of drug-likeness (QED) is 0.336. The first kappa shape index (κ1) is 27.6. The first-order valence-corrected chi connectivity index (χ1v) is 12.6. The highest BCUT2D eigenvalue weighted by atomic mass is 19.1. The van der Waals surface area contributed by atoms with Crippen molar-refractivity contribution >= 4 is 28.5 Å². The minimum Gasteiger partial charge on any atom is -0.493 e. The lowest BCUT2D eigenvalue weighted by atomic mass is 10.00. The van der Waals surface area contributed by atoms with Gasteiger partial charge in [0.05, 0.1) is 19.2 Å². The number of carbonyl (C=O) groups excluding carboxylic acids is 2. The number of anilines is 1. The molecule has 4 rings (SSSR count). The van der Waals surface area contributed by atoms with E-state index in [2.05, 4.69) is 15.6 Å². The summed E-state index contributed by atoms with van der Waals surface area (Å²) in [6.07, 6.45) is 0. The minimum atomic E-state index is -1.17. The highest BCUT2D eigenvalue weighted by Gasteiger charge is 2.35. The molecule has 204 valence electrons. The molecule has 0 fully saturated rings. The standard InChI is InChI=1S/C29H32FN5O4/c1-6-39-24-15-14-19(16-25(24)38-5)27(28(37)31-29(2,3)4)35(21-11-9-10-20(30)17-21)26(36)18-34-23-13-8-7-12-22(23)32-33-34/h7-17,27H,6,18H2,1-5H3,(H,31,37). The van der Waals surface area contributed by atoms with Gasteiger partial charge in [-0.25, -0.2) is 9.07 Å². The van der Waals surface area contributed by atoms with Crippen molar-refractivity contribution < 1.29 is 23.5 Å². The van der Waals surface area contributed by atoms with Gasteiger partial charge in [0.1, 0.15) is 23.9 Å². The Morgan fingerprint density at radius 3 is 2.51 bits per heavy atom. The van der Waals surface area contributed by atoms with Gasteiger partial charge in [-0.2, -0.15) is 0 Å². The molecule has 9 nitrogen and oxygen atoms in total. The molecule has 1 unspecified atom stereocenters. The van der Waals surface area contributed by atoms with Crippen molar-refractivity contribution in [2.75, 3.05) is 18.6 Å². The second kappa shape index (κ2) is 11.5. The van der Waals surface area contributed by atoms with Gasteiger partial charge in [0.2, 0.25) is 11.8 Å². The second-order valence-corrected chi connectivity index (χ2v) is 9.96. The molecule has 1 heterocycles. The lowest BCUT2D eigenvalue weighted by Crippen LogP contribution is -2.50. The summed E-state index contributed by atoms with van der Waals surface area (Å²) in [5.41, 5.74) is 1.34. The van der Waals surface area contributed by atoms with Crippen molar-refractivity contribution in [2.45, 2.75) is 45.8 Å². The van der Waals surface area contributed by atoms with Gasteiger partial charge in [-0.15, -0.1) is 5.10 Å². The van der Waals surface area contributed by atoms with Crippen LogP contribution in [-0.2, 0) is 16.1 Å². The van der Waals surface area contributed by atoms with Crippen molar-refractivity contribution in [2.24, 2.45) is 0 Å². The summed E-state index contributed by atoms with van der Waals surface area (Å²) in [6.45, 7) is 7.57. The molecule has 39 heavy (non-hydrogen) atoms. The summed E-state index contributed by atoms with van der Waals surface area (Å²) >= 11 is 0. The number of methoxy groups -OCH3 is 1. The Morgan fingerprint density at radius 1 is 1.05 bits per heavy atom. The predicted octanol–water partition coefficient (Wildman–Crippen LogP) is 4.67. The minimum absolute atomic E-state index is 0.214. The van der Waals surface area contributed by atoms with Gasteiger partial charge in [0, 0.05) is 11.2 Å². The van der Waals surface area contributed by atoms with E-state index < -0.39 is 29.2 Å². The van der Waals surface area contributed by atoms with E-state index in [1.54, 1.807) is 36.4 Å². The molecule has 4 aromatic rings. The maximum absolute atomic E-state index is 14.5. The first-order chi connectivity index (χ1) is 18.6. The van der Waals surface area contributed by atoms with Crippen LogP contribution in [0.5, 0.6) is 11.5 Å². The molecule has 0 saturated carbocycles. The normalized spacial score (nSPS) is 12.2. The summed E-state index contributed by atoms with van der Waals surface area (Å²) < 4.78 is 27.1. The smallest absolute Gasteiger partial charge is 0.249 e. The topological polar surface area (TPSA) is 98.6 Å². The van der Waals surface area contributed by atoms with Crippen molar-refractivity contribution in [3.05, 3.63) is 78.1 Å². The monoisotopic (exact) mass is 533 g/mol. The van der Waals surface area contributed by atoms with Gasteiger partial charge in [-0.1, -0.05) is 29.5 Å². The third-order valence-corrected chi connectivity index (χ3v) is 5.87. The van der Waals surface area contributed by atoms with E-state index in [1.165, 1.54) is 34.9 Å². The largest absolute Gasteiger partial charge is 0.493 e. The van der Waals surface area contributed by atoms with Crippen LogP contribution in [0.4, 0.5) is 10.1 Å². The molecule has 0 radical (unpaired) electrons. The van der Waals surface area contributed by atoms with Crippen LogP contribution in [0.2, 0.25) is 0 Å². The first-order valence-electron chi connectivity index (χ1n) is 12.6. The van der Waals surface area contributed by atoms with Crippen LogP contribution in [0.3, 0.4) is 0 Å². The summed E-state index contributed by atoms with van der Waals surface area (Å²) in [5, 5.41) is 11.2. The molecule has 0 bridgehead atoms. The van der Waals surface area contributed by atoms with E-state index in [1.807, 2.05) is 39.8 Å². The lowest BCUT2D eigenvalue weighted by molar-refractivity contribution is -0.128. The van der Waals surface area contributed by atoms with Crippen LogP contribution in [0.15, 0.2) is 66.7 Å². The fourth-order valence-electron chi connectivity index (χ4n) is 4.29. The molecule has 0 spiro atoms. The number of para-hydroxylation sites is 1. The van der Waals surface area contributed by atoms with Crippen LogP contribution in [-0.4, -0.2) is 46.1 Å². The van der Waals surface area contributed by atoms with E-state index in [0.29, 0.717) is 34.7 Å². The summed E-state index contributed by atoms with van der Waals surface area (Å²) in [4.78, 5) is 29.2. The second-order valence-electron chi connectivity index (χ2n) is 9.96. The summed E-state index contributed by atoms with van der Waals surface area (Å²) in [7, 11) is 1.50. The van der Waals surface area contributed by atoms with Gasteiger partial charge < -0.3 is 14.8 Å². The molecule has 3 aromatic carbocycles. The number of fused-ring (bicyclic) bond motifs is 1. The number of ether oxygens (including phenoxy) is 2. The number of halogens is 1. The van der Waals surface area contributed by atoms with E-state index in [9.17, 15) is 14.0 Å². The van der Waals surface area contributed by atoms with E-state index in [-0.39, 0.29) is 12.2 Å². The average Bonchev–Trinajstić information content (AvgIpc) is 3.29. The van der Waals surface area contributed by atoms with Crippen LogP contribution < -0.4 is 19.7 Å². The molecule has 1 aromatic heterocycles. The molecule has 0 aliphatic heterocycles. The number of nitrogens with one attached hydrogen (secondary N) is 1. The Bertz CT molecular complexity index is 1480. The zero-order valence-corrected chi connectivity index (χ0v) is 22.6. The molecule has 1 N–H and O–H groups in total. The highest BCUT2D eigenvalue weighted by molar-refractivity contribution is 6.01. The van der Waals surface area contributed by atoms with Gasteiger partial charge >= 0.3 is 0 Å². The SMILES string of the molecule is CCOc1ccc(C(C(=O)NC(C)(C)C)N(C(=O)Cn2nnc3ccccc32)c2cccc(F)c2)cc1OC. The summed E-state index contributed by atoms with van der Waals surface area (Å²) in [6, 6.07) is 16.7. The zero-order chi connectivity index (χ0) is 28.2. The third kappa shape index (κ3) is 6.34. The van der Waals surface area contributed by atoms with Crippen LogP contribution >= 0.6 is 0 Å². The number of carbonyl (C=O) groups is 2. The van der Waals surface area contributed by atoms with E-state index in [4.69, 9.17) is 9.47 Å². The fraction of sp³-hybridized carbons (Fsp3) is 0.310. The molecule has 0 aliphatic rings. The Kier molecular flexibility index (Phi) is 8.13. The molecule has 0 aliphatic carbocycles. The van der Waals surface area contributed by atoms with Gasteiger partial charge in [-0.05, 0) is 75.7 Å². The number of hydrogen-bond donors (Lipinski definition) is 1.